The molecule has 0 fully saturated rings. The number of rotatable bonds is 6. The molecule has 0 saturated carbocycles. The Bertz CT molecular complexity index is 1450. The molecule has 1 atom stereocenters. The van der Waals surface area contributed by atoms with Gasteiger partial charge in [-0.05, 0) is 54.4 Å². The number of aryl methyl sites for hydroxylation is 1. The molecule has 1 amide bonds. The molecular weight excluding hydrogens is 419 g/mol. The number of hydrogen-bond donors (Lipinski definition) is 2. The molecule has 0 aliphatic carbocycles. The molecule has 0 saturated heterocycles. The molecular formula is C27H23FN2O3. The van der Waals surface area contributed by atoms with Crippen molar-refractivity contribution in [1.29, 1.82) is 0 Å². The third-order valence-electron chi connectivity index (χ3n) is 6.09. The van der Waals surface area contributed by atoms with Gasteiger partial charge in [-0.2, -0.15) is 0 Å². The van der Waals surface area contributed by atoms with Crippen LogP contribution in [0, 0.1) is 12.7 Å². The van der Waals surface area contributed by atoms with Crippen molar-refractivity contribution in [2.45, 2.75) is 12.8 Å². The number of halogens is 1. The number of amides is 1. The molecule has 3 aromatic carbocycles. The second-order valence-electron chi connectivity index (χ2n) is 8.02. The van der Waals surface area contributed by atoms with Gasteiger partial charge in [0, 0.05) is 40.5 Å². The number of aromatic nitrogens is 1. The van der Waals surface area contributed by atoms with Crippen molar-refractivity contribution in [2.75, 3.05) is 13.7 Å². The summed E-state index contributed by atoms with van der Waals surface area (Å²) in [5, 5.41) is 4.72. The normalized spacial score (nSPS) is 12.2. The van der Waals surface area contributed by atoms with Gasteiger partial charge >= 0.3 is 0 Å². The third-order valence-corrected chi connectivity index (χ3v) is 6.09. The van der Waals surface area contributed by atoms with Gasteiger partial charge in [0.25, 0.3) is 5.91 Å². The predicted octanol–water partition coefficient (Wildman–Crippen LogP) is 5.93. The van der Waals surface area contributed by atoms with E-state index in [-0.39, 0.29) is 23.4 Å². The molecule has 0 radical (unpaired) electrons. The van der Waals surface area contributed by atoms with Crippen LogP contribution in [0.25, 0.3) is 21.9 Å². The summed E-state index contributed by atoms with van der Waals surface area (Å²) in [5.74, 6) is 0.173. The molecule has 2 heterocycles. The van der Waals surface area contributed by atoms with Crippen LogP contribution >= 0.6 is 0 Å². The Morgan fingerprint density at radius 3 is 2.67 bits per heavy atom. The summed E-state index contributed by atoms with van der Waals surface area (Å²) in [4.78, 5) is 16.4. The van der Waals surface area contributed by atoms with Crippen molar-refractivity contribution in [1.82, 2.24) is 10.3 Å². The van der Waals surface area contributed by atoms with Crippen LogP contribution in [0.2, 0.25) is 0 Å². The van der Waals surface area contributed by atoms with Crippen molar-refractivity contribution in [3.05, 3.63) is 101 Å². The van der Waals surface area contributed by atoms with E-state index >= 15 is 0 Å². The molecule has 0 bridgehead atoms. The van der Waals surface area contributed by atoms with Crippen LogP contribution in [-0.2, 0) is 0 Å². The third kappa shape index (κ3) is 3.84. The van der Waals surface area contributed by atoms with Crippen LogP contribution in [0.5, 0.6) is 5.75 Å². The van der Waals surface area contributed by atoms with Crippen LogP contribution in [0.1, 0.15) is 33.2 Å². The number of H-pyrrole nitrogens is 1. The minimum absolute atomic E-state index is 0.0989. The van der Waals surface area contributed by atoms with Gasteiger partial charge in [0.1, 0.15) is 17.1 Å². The summed E-state index contributed by atoms with van der Waals surface area (Å²) in [6.07, 6.45) is 1.99. The zero-order chi connectivity index (χ0) is 22.9. The molecule has 5 nitrogen and oxygen atoms in total. The number of fused-ring (bicyclic) bond motifs is 2. The fourth-order valence-corrected chi connectivity index (χ4v) is 4.31. The fourth-order valence-electron chi connectivity index (χ4n) is 4.31. The molecule has 2 N–H and O–H groups in total. The van der Waals surface area contributed by atoms with Gasteiger partial charge in [-0.15, -0.1) is 0 Å². The maximum Gasteiger partial charge on any atom is 0.287 e. The topological polar surface area (TPSA) is 67.3 Å². The first-order valence-electron chi connectivity index (χ1n) is 10.7. The average molecular weight is 442 g/mol. The number of furan rings is 1. The van der Waals surface area contributed by atoms with Crippen LogP contribution in [-0.4, -0.2) is 24.5 Å². The lowest BCUT2D eigenvalue weighted by Crippen LogP contribution is -2.29. The van der Waals surface area contributed by atoms with E-state index in [1.165, 1.54) is 12.1 Å². The highest BCUT2D eigenvalue weighted by molar-refractivity contribution is 5.99. The monoisotopic (exact) mass is 442 g/mol. The summed E-state index contributed by atoms with van der Waals surface area (Å²) in [7, 11) is 1.63. The zero-order valence-electron chi connectivity index (χ0n) is 18.3. The van der Waals surface area contributed by atoms with E-state index in [0.717, 1.165) is 27.8 Å². The summed E-state index contributed by atoms with van der Waals surface area (Å²) >= 11 is 0. The standard InChI is InChI=1S/C27H23FN2O3/c1-16-21-13-18(28)9-12-25(21)33-26(16)27(31)30-14-22(17-7-10-19(32-2)11-8-17)23-15-29-24-6-4-3-5-20(23)24/h3-13,15,22,29H,14H2,1-2H3,(H,30,31)/t22-/m1/s1. The van der Waals surface area contributed by atoms with Crippen molar-refractivity contribution >= 4 is 27.8 Å². The van der Waals surface area contributed by atoms with Gasteiger partial charge < -0.3 is 19.5 Å². The van der Waals surface area contributed by atoms with Crippen LogP contribution in [0.15, 0.2) is 77.3 Å². The van der Waals surface area contributed by atoms with Gasteiger partial charge in [0.2, 0.25) is 0 Å². The van der Waals surface area contributed by atoms with Crippen molar-refractivity contribution in [3.63, 3.8) is 0 Å². The first-order chi connectivity index (χ1) is 16.0. The highest BCUT2D eigenvalue weighted by atomic mass is 19.1. The number of benzene rings is 3. The number of carbonyl (C=O) groups excluding carboxylic acids is 1. The lowest BCUT2D eigenvalue weighted by Gasteiger charge is -2.18. The molecule has 0 spiro atoms. The van der Waals surface area contributed by atoms with Gasteiger partial charge in [-0.25, -0.2) is 4.39 Å². The van der Waals surface area contributed by atoms with E-state index in [1.807, 2.05) is 48.7 Å². The Kier molecular flexibility index (Phi) is 5.34. The van der Waals surface area contributed by atoms with Crippen LogP contribution in [0.4, 0.5) is 4.39 Å². The molecule has 0 aliphatic rings. The Morgan fingerprint density at radius 1 is 1.09 bits per heavy atom. The quantitative estimate of drug-likeness (QED) is 0.342. The highest BCUT2D eigenvalue weighted by Gasteiger charge is 2.22. The second kappa shape index (κ2) is 8.47. The number of hydrogen-bond acceptors (Lipinski definition) is 3. The van der Waals surface area contributed by atoms with Gasteiger partial charge in [-0.3, -0.25) is 4.79 Å². The molecule has 166 valence electrons. The largest absolute Gasteiger partial charge is 0.497 e. The Morgan fingerprint density at radius 2 is 1.88 bits per heavy atom. The van der Waals surface area contributed by atoms with E-state index < -0.39 is 0 Å². The highest BCUT2D eigenvalue weighted by Crippen LogP contribution is 2.32. The van der Waals surface area contributed by atoms with Crippen molar-refractivity contribution < 1.29 is 18.3 Å². The number of carbonyl (C=O) groups is 1. The van der Waals surface area contributed by atoms with E-state index in [2.05, 4.69) is 16.4 Å². The van der Waals surface area contributed by atoms with Crippen molar-refractivity contribution in [2.24, 2.45) is 0 Å². The lowest BCUT2D eigenvalue weighted by molar-refractivity contribution is 0.0926. The second-order valence-corrected chi connectivity index (χ2v) is 8.02. The molecule has 0 aliphatic heterocycles. The first kappa shape index (κ1) is 20.8. The number of para-hydroxylation sites is 1. The molecule has 5 aromatic rings. The lowest BCUT2D eigenvalue weighted by atomic mass is 9.90. The number of nitrogens with one attached hydrogen (secondary N) is 2. The minimum Gasteiger partial charge on any atom is -0.497 e. The molecule has 33 heavy (non-hydrogen) atoms. The van der Waals surface area contributed by atoms with Gasteiger partial charge in [0.05, 0.1) is 7.11 Å². The maximum atomic E-state index is 13.7. The van der Waals surface area contributed by atoms with Crippen LogP contribution < -0.4 is 10.1 Å². The van der Waals surface area contributed by atoms with E-state index in [0.29, 0.717) is 23.1 Å². The fraction of sp³-hybridized carbons (Fsp3) is 0.148. The van der Waals surface area contributed by atoms with E-state index in [4.69, 9.17) is 9.15 Å². The zero-order valence-corrected chi connectivity index (χ0v) is 18.3. The molecule has 6 heteroatoms. The van der Waals surface area contributed by atoms with E-state index in [9.17, 15) is 9.18 Å². The molecule has 2 aromatic heterocycles. The summed E-state index contributed by atoms with van der Waals surface area (Å²) in [6, 6.07) is 20.2. The number of aromatic amines is 1. The SMILES string of the molecule is COc1ccc([C@@H](CNC(=O)c2oc3ccc(F)cc3c2C)c2c[nH]c3ccccc23)cc1. The smallest absolute Gasteiger partial charge is 0.287 e. The Hall–Kier alpha value is -4.06. The number of ether oxygens (including phenoxy) is 1. The average Bonchev–Trinajstić information content (AvgIpc) is 3.41. The Labute approximate surface area is 190 Å². The Balaban J connectivity index is 1.47. The summed E-state index contributed by atoms with van der Waals surface area (Å²) in [5.41, 5.74) is 4.27. The number of methoxy groups -OCH3 is 1. The van der Waals surface area contributed by atoms with Crippen molar-refractivity contribution in [3.8, 4) is 5.75 Å². The summed E-state index contributed by atoms with van der Waals surface area (Å²) in [6.45, 7) is 2.12. The van der Waals surface area contributed by atoms with Gasteiger partial charge in [-0.1, -0.05) is 30.3 Å². The predicted molar refractivity (Wildman–Crippen MR) is 126 cm³/mol. The molecule has 0 unspecified atom stereocenters. The summed E-state index contributed by atoms with van der Waals surface area (Å²) < 4.78 is 24.7. The minimum atomic E-state index is -0.364. The first-order valence-corrected chi connectivity index (χ1v) is 10.7. The van der Waals surface area contributed by atoms with Gasteiger partial charge in [0.15, 0.2) is 5.76 Å². The van der Waals surface area contributed by atoms with E-state index in [1.54, 1.807) is 20.1 Å². The maximum absolute atomic E-state index is 13.7. The van der Waals surface area contributed by atoms with Crippen LogP contribution in [0.3, 0.4) is 0 Å². The molecule has 5 rings (SSSR count).